The predicted octanol–water partition coefficient (Wildman–Crippen LogP) is 1.63. The number of nitrogens with one attached hydrogen (secondary N) is 1. The minimum absolute atomic E-state index is 0.411. The third-order valence-electron chi connectivity index (χ3n) is 4.21. The van der Waals surface area contributed by atoms with Gasteiger partial charge in [0.1, 0.15) is 0 Å². The van der Waals surface area contributed by atoms with E-state index in [1.54, 1.807) is 5.32 Å². The number of alkyl halides is 3. The molecule has 1 fully saturated rings. The molecular weight excluding hydrogens is 323 g/mol. The van der Waals surface area contributed by atoms with E-state index in [2.05, 4.69) is 4.90 Å². The molecule has 1 N–H and O–H groups in total. The van der Waals surface area contributed by atoms with Crippen molar-refractivity contribution >= 4 is 17.5 Å². The molecule has 1 aromatic carbocycles. The van der Waals surface area contributed by atoms with E-state index in [1.807, 2.05) is 32.0 Å². The molecule has 1 heterocycles. The van der Waals surface area contributed by atoms with E-state index in [-0.39, 0.29) is 0 Å². The average molecular weight is 343 g/mol. The summed E-state index contributed by atoms with van der Waals surface area (Å²) < 4.78 is 36.3. The fourth-order valence-corrected chi connectivity index (χ4v) is 2.64. The summed E-state index contributed by atoms with van der Waals surface area (Å²) in [5.74, 6) is -2.60. The van der Waals surface area contributed by atoms with Gasteiger partial charge in [0, 0.05) is 31.9 Å². The van der Waals surface area contributed by atoms with Crippen molar-refractivity contribution in [3.63, 3.8) is 0 Å². The summed E-state index contributed by atoms with van der Waals surface area (Å²) in [5.41, 5.74) is 3.46. The van der Waals surface area contributed by atoms with Crippen LogP contribution in [0.5, 0.6) is 0 Å². The standard InChI is InChI=1S/C16H20F3N3O2/c1-11-4-3-5-13(12(11)2)21-6-8-22(9-7-21)14(23)10-20-15(24)16(17,18)19/h3-5H,6-10H2,1-2H3,(H,20,24). The SMILES string of the molecule is Cc1cccc(N2CCN(C(=O)CNC(=O)C(F)(F)F)CC2)c1C. The van der Waals surface area contributed by atoms with E-state index in [9.17, 15) is 22.8 Å². The van der Waals surface area contributed by atoms with Gasteiger partial charge in [0.15, 0.2) is 0 Å². The molecule has 8 heteroatoms. The second-order valence-corrected chi connectivity index (χ2v) is 5.77. The van der Waals surface area contributed by atoms with E-state index in [0.29, 0.717) is 26.2 Å². The normalized spacial score (nSPS) is 15.4. The summed E-state index contributed by atoms with van der Waals surface area (Å²) in [6.07, 6.45) is -4.97. The van der Waals surface area contributed by atoms with E-state index in [4.69, 9.17) is 0 Å². The van der Waals surface area contributed by atoms with Crippen LogP contribution >= 0.6 is 0 Å². The zero-order valence-corrected chi connectivity index (χ0v) is 13.6. The predicted molar refractivity (Wildman–Crippen MR) is 83.8 cm³/mol. The molecule has 132 valence electrons. The van der Waals surface area contributed by atoms with E-state index >= 15 is 0 Å². The number of hydrogen-bond donors (Lipinski definition) is 1. The van der Waals surface area contributed by atoms with Crippen molar-refractivity contribution in [2.75, 3.05) is 37.6 Å². The number of hydrogen-bond acceptors (Lipinski definition) is 3. The number of carbonyl (C=O) groups is 2. The largest absolute Gasteiger partial charge is 0.471 e. The van der Waals surface area contributed by atoms with E-state index in [1.165, 1.54) is 16.0 Å². The second-order valence-electron chi connectivity index (χ2n) is 5.77. The lowest BCUT2D eigenvalue weighted by molar-refractivity contribution is -0.174. The van der Waals surface area contributed by atoms with Crippen molar-refractivity contribution in [2.45, 2.75) is 20.0 Å². The summed E-state index contributed by atoms with van der Waals surface area (Å²) in [6, 6.07) is 6.02. The smallest absolute Gasteiger partial charge is 0.368 e. The van der Waals surface area contributed by atoms with Crippen molar-refractivity contribution in [1.29, 1.82) is 0 Å². The van der Waals surface area contributed by atoms with Gasteiger partial charge in [0.25, 0.3) is 0 Å². The van der Waals surface area contributed by atoms with Crippen molar-refractivity contribution in [2.24, 2.45) is 0 Å². The Morgan fingerprint density at radius 1 is 1.12 bits per heavy atom. The van der Waals surface area contributed by atoms with Crippen molar-refractivity contribution in [3.8, 4) is 0 Å². The minimum Gasteiger partial charge on any atom is -0.368 e. The zero-order chi connectivity index (χ0) is 17.9. The highest BCUT2D eigenvalue weighted by Crippen LogP contribution is 2.23. The fourth-order valence-electron chi connectivity index (χ4n) is 2.64. The molecule has 1 aromatic rings. The molecule has 2 amide bonds. The minimum atomic E-state index is -4.97. The van der Waals surface area contributed by atoms with Gasteiger partial charge in [-0.05, 0) is 31.0 Å². The molecule has 2 rings (SSSR count). The van der Waals surface area contributed by atoms with Gasteiger partial charge in [-0.25, -0.2) is 0 Å². The average Bonchev–Trinajstić information content (AvgIpc) is 2.54. The molecule has 0 unspecified atom stereocenters. The lowest BCUT2D eigenvalue weighted by Gasteiger charge is -2.37. The van der Waals surface area contributed by atoms with Gasteiger partial charge in [-0.3, -0.25) is 9.59 Å². The molecule has 1 aliphatic rings. The second kappa shape index (κ2) is 7.11. The van der Waals surface area contributed by atoms with E-state index in [0.717, 1.165) is 5.69 Å². The number of carbonyl (C=O) groups excluding carboxylic acids is 2. The summed E-state index contributed by atoms with van der Waals surface area (Å²) >= 11 is 0. The van der Waals surface area contributed by atoms with Crippen molar-refractivity contribution in [3.05, 3.63) is 29.3 Å². The van der Waals surface area contributed by atoms with Gasteiger partial charge < -0.3 is 15.1 Å². The number of benzene rings is 1. The van der Waals surface area contributed by atoms with Crippen LogP contribution in [0.25, 0.3) is 0 Å². The highest BCUT2D eigenvalue weighted by molar-refractivity contribution is 5.87. The van der Waals surface area contributed by atoms with Gasteiger partial charge in [-0.15, -0.1) is 0 Å². The first-order valence-electron chi connectivity index (χ1n) is 7.64. The van der Waals surface area contributed by atoms with Crippen LogP contribution in [-0.2, 0) is 9.59 Å². The number of piperazine rings is 1. The van der Waals surface area contributed by atoms with Crippen LogP contribution < -0.4 is 10.2 Å². The molecule has 1 saturated heterocycles. The lowest BCUT2D eigenvalue weighted by atomic mass is 10.1. The molecule has 0 atom stereocenters. The van der Waals surface area contributed by atoms with Crippen LogP contribution in [0.4, 0.5) is 18.9 Å². The number of halogens is 3. The molecule has 0 radical (unpaired) electrons. The summed E-state index contributed by atoms with van der Waals surface area (Å²) in [5, 5.41) is 1.61. The first-order valence-corrected chi connectivity index (χ1v) is 7.64. The van der Waals surface area contributed by atoms with Crippen LogP contribution in [0.3, 0.4) is 0 Å². The lowest BCUT2D eigenvalue weighted by Crippen LogP contribution is -2.52. The van der Waals surface area contributed by atoms with Crippen LogP contribution in [0.2, 0.25) is 0 Å². The quantitative estimate of drug-likeness (QED) is 0.908. The third kappa shape index (κ3) is 4.18. The summed E-state index contributed by atoms with van der Waals surface area (Å²) in [7, 11) is 0. The molecule has 1 aliphatic heterocycles. The monoisotopic (exact) mass is 343 g/mol. The first-order chi connectivity index (χ1) is 11.2. The molecule has 0 saturated carbocycles. The van der Waals surface area contributed by atoms with Crippen LogP contribution in [0.15, 0.2) is 18.2 Å². The Kier molecular flexibility index (Phi) is 5.36. The molecule has 0 spiro atoms. The summed E-state index contributed by atoms with van der Waals surface area (Å²) in [4.78, 5) is 26.3. The number of amides is 2. The molecule has 24 heavy (non-hydrogen) atoms. The highest BCUT2D eigenvalue weighted by atomic mass is 19.4. The Hall–Kier alpha value is -2.25. The van der Waals surface area contributed by atoms with Gasteiger partial charge in [0.2, 0.25) is 5.91 Å². The van der Waals surface area contributed by atoms with Gasteiger partial charge in [0.05, 0.1) is 6.54 Å². The Morgan fingerprint density at radius 3 is 2.33 bits per heavy atom. The third-order valence-corrected chi connectivity index (χ3v) is 4.21. The van der Waals surface area contributed by atoms with Crippen LogP contribution in [0.1, 0.15) is 11.1 Å². The maximum Gasteiger partial charge on any atom is 0.471 e. The topological polar surface area (TPSA) is 52.6 Å². The van der Waals surface area contributed by atoms with Crippen molar-refractivity contribution < 1.29 is 22.8 Å². The number of rotatable bonds is 3. The Morgan fingerprint density at radius 2 is 1.75 bits per heavy atom. The Bertz CT molecular complexity index is 623. The molecular formula is C16H20F3N3O2. The number of nitrogens with zero attached hydrogens (tertiary/aromatic N) is 2. The summed E-state index contributed by atoms with van der Waals surface area (Å²) in [6.45, 7) is 5.45. The Labute approximate surface area is 138 Å². The highest BCUT2D eigenvalue weighted by Gasteiger charge is 2.38. The maximum atomic E-state index is 12.1. The van der Waals surface area contributed by atoms with Crippen LogP contribution in [0, 0.1) is 13.8 Å². The zero-order valence-electron chi connectivity index (χ0n) is 13.6. The molecule has 5 nitrogen and oxygen atoms in total. The van der Waals surface area contributed by atoms with Crippen LogP contribution in [-0.4, -0.2) is 55.6 Å². The molecule has 0 aromatic heterocycles. The molecule has 0 bridgehead atoms. The van der Waals surface area contributed by atoms with Crippen molar-refractivity contribution in [1.82, 2.24) is 10.2 Å². The number of anilines is 1. The first kappa shape index (κ1) is 18.1. The molecule has 0 aliphatic carbocycles. The Balaban J connectivity index is 1.87. The maximum absolute atomic E-state index is 12.1. The number of aryl methyl sites for hydroxylation is 1. The van der Waals surface area contributed by atoms with Gasteiger partial charge >= 0.3 is 12.1 Å². The van der Waals surface area contributed by atoms with E-state index < -0.39 is 24.5 Å². The fraction of sp³-hybridized carbons (Fsp3) is 0.500. The van der Waals surface area contributed by atoms with Gasteiger partial charge in [-0.2, -0.15) is 13.2 Å². The van der Waals surface area contributed by atoms with Gasteiger partial charge in [-0.1, -0.05) is 12.1 Å².